The summed E-state index contributed by atoms with van der Waals surface area (Å²) in [5, 5.41) is 0. The second kappa shape index (κ2) is 3.51. The van der Waals surface area contributed by atoms with Gasteiger partial charge in [-0.3, -0.25) is 4.57 Å². The summed E-state index contributed by atoms with van der Waals surface area (Å²) in [6, 6.07) is 0. The van der Waals surface area contributed by atoms with Crippen LogP contribution in [0.25, 0.3) is 0 Å². The summed E-state index contributed by atoms with van der Waals surface area (Å²) in [7, 11) is 2.96. The first kappa shape index (κ1) is 10.3. The number of aromatic nitrogens is 3. The third-order valence-electron chi connectivity index (χ3n) is 1.68. The quantitative estimate of drug-likeness (QED) is 0.611. The summed E-state index contributed by atoms with van der Waals surface area (Å²) in [6.45, 7) is 0. The van der Waals surface area contributed by atoms with Crippen LogP contribution in [-0.4, -0.2) is 19.4 Å². The molecule has 0 unspecified atom stereocenters. The van der Waals surface area contributed by atoms with Crippen LogP contribution in [0.3, 0.4) is 0 Å². The van der Waals surface area contributed by atoms with Crippen molar-refractivity contribution in [1.82, 2.24) is 13.1 Å². The van der Waals surface area contributed by atoms with E-state index in [1.807, 2.05) is 0 Å². The van der Waals surface area contributed by atoms with Crippen molar-refractivity contribution in [3.05, 3.63) is 25.7 Å². The Hall–Kier alpha value is -0.820. The summed E-state index contributed by atoms with van der Waals surface area (Å²) in [6.07, 6.45) is 1.72. The first-order valence-electron chi connectivity index (χ1n) is 3.44. The van der Waals surface area contributed by atoms with Crippen LogP contribution < -0.4 is 11.4 Å². The third kappa shape index (κ3) is 1.49. The molecule has 0 radical (unpaired) electrons. The molecule has 0 aliphatic rings. The number of nitrogens with zero attached hydrogens (tertiary/aromatic N) is 3. The average Bonchev–Trinajstić information content (AvgIpc) is 2.13. The van der Waals surface area contributed by atoms with Gasteiger partial charge in [-0.15, -0.1) is 0 Å². The smallest absolute Gasteiger partial charge is 0.272 e. The maximum Gasteiger partial charge on any atom is 0.344 e. The van der Waals surface area contributed by atoms with Gasteiger partial charge in [0.1, 0.15) is 0 Å². The van der Waals surface area contributed by atoms with Gasteiger partial charge in [0, 0.05) is 20.4 Å². The van der Waals surface area contributed by atoms with Crippen molar-refractivity contribution < 1.29 is 0 Å². The normalized spacial score (nSPS) is 10.4. The standard InChI is InChI=1S/C6H9N3O2S2/c1-7-4(10)8(2)6(12)9(13-3)5(7)11/h1-3H3. The third-order valence-corrected chi connectivity index (χ3v) is 2.94. The summed E-state index contributed by atoms with van der Waals surface area (Å²) < 4.78 is 3.79. The Balaban J connectivity index is 3.89. The molecule has 1 aromatic heterocycles. The van der Waals surface area contributed by atoms with E-state index < -0.39 is 11.4 Å². The molecule has 7 heteroatoms. The lowest BCUT2D eigenvalue weighted by Gasteiger charge is -2.06. The summed E-state index contributed by atoms with van der Waals surface area (Å²) in [4.78, 5) is 22.7. The molecule has 13 heavy (non-hydrogen) atoms. The van der Waals surface area contributed by atoms with Crippen molar-refractivity contribution in [3.63, 3.8) is 0 Å². The Morgan fingerprint density at radius 1 is 1.15 bits per heavy atom. The van der Waals surface area contributed by atoms with Crippen LogP contribution in [0.5, 0.6) is 0 Å². The zero-order valence-corrected chi connectivity index (χ0v) is 9.11. The van der Waals surface area contributed by atoms with Gasteiger partial charge in [-0.05, 0) is 24.2 Å². The lowest BCUT2D eigenvalue weighted by molar-refractivity contribution is 0.622. The van der Waals surface area contributed by atoms with Crippen LogP contribution in [0.2, 0.25) is 0 Å². The molecule has 0 saturated heterocycles. The topological polar surface area (TPSA) is 48.9 Å². The maximum absolute atomic E-state index is 11.4. The Kier molecular flexibility index (Phi) is 2.77. The second-order valence-corrected chi connectivity index (χ2v) is 3.54. The van der Waals surface area contributed by atoms with Crippen molar-refractivity contribution in [3.8, 4) is 0 Å². The Labute approximate surface area is 83.8 Å². The second-order valence-electron chi connectivity index (χ2n) is 2.44. The van der Waals surface area contributed by atoms with Gasteiger partial charge >= 0.3 is 11.4 Å². The summed E-state index contributed by atoms with van der Waals surface area (Å²) in [5.74, 6) is 0. The molecule has 0 saturated carbocycles. The first-order valence-corrected chi connectivity index (χ1v) is 5.03. The van der Waals surface area contributed by atoms with Gasteiger partial charge in [0.15, 0.2) is 4.77 Å². The molecule has 0 atom stereocenters. The van der Waals surface area contributed by atoms with Crippen LogP contribution in [0.15, 0.2) is 9.59 Å². The summed E-state index contributed by atoms with van der Waals surface area (Å²) >= 11 is 6.10. The van der Waals surface area contributed by atoms with Gasteiger partial charge in [0.05, 0.1) is 0 Å². The minimum absolute atomic E-state index is 0.223. The highest BCUT2D eigenvalue weighted by atomic mass is 32.2. The van der Waals surface area contributed by atoms with E-state index in [-0.39, 0.29) is 4.77 Å². The van der Waals surface area contributed by atoms with E-state index in [1.54, 1.807) is 6.26 Å². The van der Waals surface area contributed by atoms with Crippen LogP contribution >= 0.6 is 24.2 Å². The molecule has 0 N–H and O–H groups in total. The predicted octanol–water partition coefficient (Wildman–Crippen LogP) is -0.259. The zero-order chi connectivity index (χ0) is 10.2. The van der Waals surface area contributed by atoms with Gasteiger partial charge in [0.2, 0.25) is 0 Å². The molecular weight excluding hydrogens is 210 g/mol. The Bertz CT molecular complexity index is 456. The van der Waals surface area contributed by atoms with Crippen LogP contribution in [0, 0.1) is 4.77 Å². The van der Waals surface area contributed by atoms with Crippen molar-refractivity contribution in [2.75, 3.05) is 6.26 Å². The van der Waals surface area contributed by atoms with E-state index in [4.69, 9.17) is 12.2 Å². The largest absolute Gasteiger partial charge is 0.344 e. The molecule has 0 spiro atoms. The Morgan fingerprint density at radius 2 is 1.69 bits per heavy atom. The highest BCUT2D eigenvalue weighted by molar-refractivity contribution is 7.97. The van der Waals surface area contributed by atoms with Crippen LogP contribution in [-0.2, 0) is 14.1 Å². The first-order chi connectivity index (χ1) is 6.00. The van der Waals surface area contributed by atoms with Gasteiger partial charge in [-0.25, -0.2) is 18.1 Å². The minimum Gasteiger partial charge on any atom is -0.272 e. The van der Waals surface area contributed by atoms with E-state index in [0.717, 1.165) is 4.57 Å². The van der Waals surface area contributed by atoms with Gasteiger partial charge in [-0.1, -0.05) is 0 Å². The van der Waals surface area contributed by atoms with E-state index >= 15 is 0 Å². The maximum atomic E-state index is 11.4. The van der Waals surface area contributed by atoms with Gasteiger partial charge < -0.3 is 0 Å². The lowest BCUT2D eigenvalue weighted by Crippen LogP contribution is -2.42. The zero-order valence-electron chi connectivity index (χ0n) is 7.47. The molecule has 1 aromatic rings. The number of rotatable bonds is 1. The number of hydrogen-bond acceptors (Lipinski definition) is 4. The molecule has 1 heterocycles. The highest BCUT2D eigenvalue weighted by Gasteiger charge is 2.05. The van der Waals surface area contributed by atoms with Gasteiger partial charge in [-0.2, -0.15) is 0 Å². The fraction of sp³-hybridized carbons (Fsp3) is 0.500. The molecule has 72 valence electrons. The van der Waals surface area contributed by atoms with E-state index in [9.17, 15) is 9.59 Å². The minimum atomic E-state index is -0.402. The van der Waals surface area contributed by atoms with Crippen molar-refractivity contribution >= 4 is 24.2 Å². The lowest BCUT2D eigenvalue weighted by atomic mass is 10.9. The molecule has 0 aliphatic carbocycles. The monoisotopic (exact) mass is 219 g/mol. The van der Waals surface area contributed by atoms with E-state index in [0.29, 0.717) is 0 Å². The fourth-order valence-electron chi connectivity index (χ4n) is 0.899. The van der Waals surface area contributed by atoms with E-state index in [2.05, 4.69) is 0 Å². The molecule has 0 aliphatic heterocycles. The highest BCUT2D eigenvalue weighted by Crippen LogP contribution is 1.94. The van der Waals surface area contributed by atoms with Crippen LogP contribution in [0.1, 0.15) is 0 Å². The van der Waals surface area contributed by atoms with Crippen molar-refractivity contribution in [1.29, 1.82) is 0 Å². The van der Waals surface area contributed by atoms with Gasteiger partial charge in [0.25, 0.3) is 0 Å². The van der Waals surface area contributed by atoms with Crippen molar-refractivity contribution in [2.24, 2.45) is 14.1 Å². The summed E-state index contributed by atoms with van der Waals surface area (Å²) in [5.41, 5.74) is -0.805. The molecule has 1 rings (SSSR count). The molecule has 0 bridgehead atoms. The SMILES string of the molecule is CSn1c(=O)n(C)c(=O)n(C)c1=S. The predicted molar refractivity (Wildman–Crippen MR) is 54.7 cm³/mol. The molecular formula is C6H9N3O2S2. The molecule has 5 nitrogen and oxygen atoms in total. The molecule has 0 aromatic carbocycles. The fourth-order valence-corrected chi connectivity index (χ4v) is 1.84. The van der Waals surface area contributed by atoms with Crippen LogP contribution in [0.4, 0.5) is 0 Å². The number of hydrogen-bond donors (Lipinski definition) is 0. The Morgan fingerprint density at radius 3 is 2.15 bits per heavy atom. The average molecular weight is 219 g/mol. The van der Waals surface area contributed by atoms with Crippen molar-refractivity contribution in [2.45, 2.75) is 0 Å². The van der Waals surface area contributed by atoms with E-state index in [1.165, 1.54) is 34.6 Å². The molecule has 0 amide bonds. The molecule has 0 fully saturated rings.